The van der Waals surface area contributed by atoms with Gasteiger partial charge in [-0.2, -0.15) is 0 Å². The van der Waals surface area contributed by atoms with E-state index in [9.17, 15) is 12.8 Å². The highest BCUT2D eigenvalue weighted by molar-refractivity contribution is 7.70. The van der Waals surface area contributed by atoms with Gasteiger partial charge < -0.3 is 5.32 Å². The van der Waals surface area contributed by atoms with E-state index in [2.05, 4.69) is 28.2 Å². The Morgan fingerprint density at radius 2 is 1.96 bits per heavy atom. The molecule has 0 saturated heterocycles. The van der Waals surface area contributed by atoms with E-state index < -0.39 is 10.9 Å². The first kappa shape index (κ1) is 19.6. The third kappa shape index (κ3) is 4.00. The van der Waals surface area contributed by atoms with Gasteiger partial charge in [-0.05, 0) is 80.0 Å². The minimum absolute atomic E-state index is 0.199. The molecule has 2 aromatic rings. The maximum atomic E-state index is 13.6. The summed E-state index contributed by atoms with van der Waals surface area (Å²) in [5, 5.41) is 3.43. The van der Waals surface area contributed by atoms with Crippen LogP contribution in [0.2, 0.25) is 0 Å². The van der Waals surface area contributed by atoms with E-state index in [1.54, 1.807) is 12.1 Å². The molecular weight excluding hydrogens is 375 g/mol. The number of halogens is 1. The van der Waals surface area contributed by atoms with Gasteiger partial charge in [-0.15, -0.1) is 0 Å². The summed E-state index contributed by atoms with van der Waals surface area (Å²) in [5.74, 6) is 0.0818. The fraction of sp³-hybridized carbons (Fsp3) is 0.455. The molecule has 150 valence electrons. The molecule has 0 aliphatic heterocycles. The van der Waals surface area contributed by atoms with E-state index in [1.807, 2.05) is 13.1 Å². The van der Waals surface area contributed by atoms with Gasteiger partial charge in [-0.1, -0.05) is 30.3 Å². The highest BCUT2D eigenvalue weighted by Gasteiger charge is 2.38. The summed E-state index contributed by atoms with van der Waals surface area (Å²) in [4.78, 5) is 0. The zero-order chi connectivity index (χ0) is 19.7. The van der Waals surface area contributed by atoms with Gasteiger partial charge >= 0.3 is 0 Å². The van der Waals surface area contributed by atoms with Crippen molar-refractivity contribution >= 4 is 10.9 Å². The van der Waals surface area contributed by atoms with Crippen LogP contribution >= 0.6 is 0 Å². The molecule has 6 heteroatoms. The van der Waals surface area contributed by atoms with Crippen LogP contribution in [-0.4, -0.2) is 27.0 Å². The van der Waals surface area contributed by atoms with Gasteiger partial charge in [0.2, 0.25) is 10.9 Å². The lowest BCUT2D eigenvalue weighted by molar-refractivity contribution is 0.222. The van der Waals surface area contributed by atoms with Crippen LogP contribution < -0.4 is 10.0 Å². The quantitative estimate of drug-likeness (QED) is 0.624. The van der Waals surface area contributed by atoms with Crippen LogP contribution in [0.1, 0.15) is 47.4 Å². The largest absolute Gasteiger partial charge is 0.316 e. The lowest BCUT2D eigenvalue weighted by Gasteiger charge is -2.41. The third-order valence-electron chi connectivity index (χ3n) is 6.43. The van der Waals surface area contributed by atoms with Crippen molar-refractivity contribution in [3.63, 3.8) is 0 Å². The van der Waals surface area contributed by atoms with Crippen LogP contribution in [0.3, 0.4) is 0 Å². The number of hydrogen-bond acceptors (Lipinski definition) is 3. The Labute approximate surface area is 167 Å². The highest BCUT2D eigenvalue weighted by atomic mass is 32.2. The van der Waals surface area contributed by atoms with Crippen LogP contribution in [0.15, 0.2) is 42.5 Å². The molecule has 2 aliphatic carbocycles. The van der Waals surface area contributed by atoms with Crippen molar-refractivity contribution in [3.05, 3.63) is 70.5 Å². The standard InChI is InChI=1S/C22H27FN2O2S/c1-24-21-13-17-7-6-16(14-22(8-3-9-22)25-28(26)27)12-19(17)20(21)11-15-4-2-5-18(23)10-15/h2,4-7,10,12,20-21,24,28H,3,8-9,11,13-14H2,1H3,(H,25,26,27). The molecule has 0 spiro atoms. The molecule has 2 unspecified atom stereocenters. The molecule has 4 nitrogen and oxygen atoms in total. The Bertz CT molecular complexity index is 932. The van der Waals surface area contributed by atoms with Gasteiger partial charge in [0.15, 0.2) is 0 Å². The van der Waals surface area contributed by atoms with E-state index in [0.29, 0.717) is 6.04 Å². The van der Waals surface area contributed by atoms with Gasteiger partial charge in [0.1, 0.15) is 5.82 Å². The number of hydrogen-bond donors (Lipinski definition) is 3. The first-order chi connectivity index (χ1) is 13.5. The average Bonchev–Trinajstić information content (AvgIpc) is 2.96. The number of benzene rings is 2. The third-order valence-corrected chi connectivity index (χ3v) is 7.09. The number of fused-ring (bicyclic) bond motifs is 1. The summed E-state index contributed by atoms with van der Waals surface area (Å²) in [6.45, 7) is 0. The van der Waals surface area contributed by atoms with E-state index in [4.69, 9.17) is 0 Å². The molecule has 28 heavy (non-hydrogen) atoms. The molecule has 4 rings (SSSR count). The summed E-state index contributed by atoms with van der Waals surface area (Å²) >= 11 is 0. The molecule has 0 radical (unpaired) electrons. The van der Waals surface area contributed by atoms with Crippen molar-refractivity contribution in [1.82, 2.24) is 10.0 Å². The second-order valence-corrected chi connectivity index (χ2v) is 8.99. The Kier molecular flexibility index (Phi) is 5.54. The van der Waals surface area contributed by atoms with E-state index in [0.717, 1.165) is 44.1 Å². The van der Waals surface area contributed by atoms with Gasteiger partial charge in [0, 0.05) is 17.5 Å². The SMILES string of the molecule is CNC1Cc2ccc(CC3(N[SH](=O)=O)CCC3)cc2C1Cc1cccc(F)c1. The molecule has 2 aromatic carbocycles. The molecule has 1 saturated carbocycles. The topological polar surface area (TPSA) is 58.2 Å². The summed E-state index contributed by atoms with van der Waals surface area (Å²) in [7, 11) is -0.615. The van der Waals surface area contributed by atoms with Crippen LogP contribution in [0.4, 0.5) is 4.39 Å². The molecule has 2 aliphatic rings. The molecule has 0 aromatic heterocycles. The first-order valence-corrected chi connectivity index (χ1v) is 11.1. The zero-order valence-electron chi connectivity index (χ0n) is 16.1. The summed E-state index contributed by atoms with van der Waals surface area (Å²) in [6.07, 6.45) is 5.31. The lowest BCUT2D eigenvalue weighted by Crippen LogP contribution is -2.51. The van der Waals surface area contributed by atoms with E-state index in [1.165, 1.54) is 22.8 Å². The Morgan fingerprint density at radius 1 is 1.14 bits per heavy atom. The van der Waals surface area contributed by atoms with Crippen molar-refractivity contribution in [2.45, 2.75) is 56.0 Å². The minimum atomic E-state index is -2.60. The van der Waals surface area contributed by atoms with Crippen molar-refractivity contribution in [2.24, 2.45) is 0 Å². The zero-order valence-corrected chi connectivity index (χ0v) is 17.0. The normalized spacial score (nSPS) is 22.8. The van der Waals surface area contributed by atoms with Gasteiger partial charge in [-0.25, -0.2) is 17.5 Å². The number of likely N-dealkylation sites (N-methyl/N-ethyl adjacent to an activating group) is 1. The Hall–Kier alpha value is -1.76. The number of nitrogens with one attached hydrogen (secondary N) is 2. The maximum absolute atomic E-state index is 13.6. The summed E-state index contributed by atoms with van der Waals surface area (Å²) < 4.78 is 38.9. The molecule has 1 fully saturated rings. The van der Waals surface area contributed by atoms with Crippen LogP contribution in [0.25, 0.3) is 0 Å². The first-order valence-electron chi connectivity index (χ1n) is 9.94. The van der Waals surface area contributed by atoms with Crippen LogP contribution in [0.5, 0.6) is 0 Å². The van der Waals surface area contributed by atoms with Gasteiger partial charge in [0.05, 0.1) is 0 Å². The monoisotopic (exact) mass is 402 g/mol. The van der Waals surface area contributed by atoms with Crippen LogP contribution in [-0.2, 0) is 30.2 Å². The minimum Gasteiger partial charge on any atom is -0.316 e. The smallest absolute Gasteiger partial charge is 0.201 e. The Balaban J connectivity index is 1.60. The Morgan fingerprint density at radius 3 is 2.61 bits per heavy atom. The van der Waals surface area contributed by atoms with Crippen molar-refractivity contribution in [2.75, 3.05) is 7.05 Å². The van der Waals surface area contributed by atoms with E-state index >= 15 is 0 Å². The summed E-state index contributed by atoms with van der Waals surface area (Å²) in [5.41, 5.74) is 4.49. The van der Waals surface area contributed by atoms with Gasteiger partial charge in [-0.3, -0.25) is 0 Å². The second-order valence-electron chi connectivity index (χ2n) is 8.25. The van der Waals surface area contributed by atoms with Crippen LogP contribution in [0, 0.1) is 5.82 Å². The predicted molar refractivity (Wildman–Crippen MR) is 110 cm³/mol. The van der Waals surface area contributed by atoms with Crippen molar-refractivity contribution in [1.29, 1.82) is 0 Å². The second kappa shape index (κ2) is 7.93. The molecule has 0 heterocycles. The van der Waals surface area contributed by atoms with Crippen molar-refractivity contribution in [3.8, 4) is 0 Å². The predicted octanol–water partition coefficient (Wildman–Crippen LogP) is 2.88. The maximum Gasteiger partial charge on any atom is 0.201 e. The molecular formula is C22H27FN2O2S. The molecule has 0 amide bonds. The number of thiol groups is 1. The molecule has 2 atom stereocenters. The fourth-order valence-electron chi connectivity index (χ4n) is 4.87. The molecule has 2 N–H and O–H groups in total. The lowest BCUT2D eigenvalue weighted by atomic mass is 9.73. The highest BCUT2D eigenvalue weighted by Crippen LogP contribution is 2.39. The average molecular weight is 403 g/mol. The van der Waals surface area contributed by atoms with Gasteiger partial charge in [0.25, 0.3) is 0 Å². The molecule has 0 bridgehead atoms. The number of rotatable bonds is 7. The fourth-order valence-corrected chi connectivity index (χ4v) is 5.56. The van der Waals surface area contributed by atoms with Crippen molar-refractivity contribution < 1.29 is 12.8 Å². The van der Waals surface area contributed by atoms with E-state index in [-0.39, 0.29) is 17.3 Å². The summed E-state index contributed by atoms with van der Waals surface area (Å²) in [6, 6.07) is 13.7.